The Balaban J connectivity index is 2.17. The fourth-order valence-corrected chi connectivity index (χ4v) is 1.64. The Kier molecular flexibility index (Phi) is 4.10. The highest BCUT2D eigenvalue weighted by molar-refractivity contribution is 6.46. The van der Waals surface area contributed by atoms with Gasteiger partial charge in [0.15, 0.2) is 0 Å². The zero-order valence-electron chi connectivity index (χ0n) is 10.7. The summed E-state index contributed by atoms with van der Waals surface area (Å²) >= 11 is 0. The van der Waals surface area contributed by atoms with E-state index in [9.17, 15) is 14.0 Å². The van der Waals surface area contributed by atoms with Gasteiger partial charge in [0, 0.05) is 5.56 Å². The van der Waals surface area contributed by atoms with Crippen LogP contribution >= 0.6 is 0 Å². The van der Waals surface area contributed by atoms with Gasteiger partial charge in [-0.1, -0.05) is 24.3 Å². The number of para-hydroxylation sites is 1. The van der Waals surface area contributed by atoms with Crippen molar-refractivity contribution in [2.24, 2.45) is 0 Å². The molecule has 0 fully saturated rings. The number of carbonyl (C=O) groups excluding carboxylic acids is 2. The Morgan fingerprint density at radius 1 is 1.10 bits per heavy atom. The van der Waals surface area contributed by atoms with Crippen LogP contribution in [0.15, 0.2) is 48.5 Å². The van der Waals surface area contributed by atoms with Crippen LogP contribution in [0.2, 0.25) is 0 Å². The summed E-state index contributed by atoms with van der Waals surface area (Å²) in [7, 11) is 1.46. The van der Waals surface area contributed by atoms with Crippen molar-refractivity contribution in [1.29, 1.82) is 0 Å². The minimum Gasteiger partial charge on any atom is -0.497 e. The average Bonchev–Trinajstić information content (AvgIpc) is 2.48. The van der Waals surface area contributed by atoms with Crippen LogP contribution in [-0.4, -0.2) is 18.8 Å². The first kappa shape index (κ1) is 13.7. The van der Waals surface area contributed by atoms with Crippen LogP contribution in [-0.2, 0) is 4.79 Å². The number of rotatable bonds is 4. The summed E-state index contributed by atoms with van der Waals surface area (Å²) < 4.78 is 18.4. The zero-order valence-corrected chi connectivity index (χ0v) is 10.7. The van der Waals surface area contributed by atoms with Gasteiger partial charge in [0.05, 0.1) is 12.8 Å². The number of amides is 1. The van der Waals surface area contributed by atoms with Gasteiger partial charge in [-0.3, -0.25) is 9.59 Å². The predicted molar refractivity (Wildman–Crippen MR) is 72.4 cm³/mol. The smallest absolute Gasteiger partial charge is 0.296 e. The molecule has 102 valence electrons. The van der Waals surface area contributed by atoms with Gasteiger partial charge in [-0.25, -0.2) is 4.39 Å². The SMILES string of the molecule is COc1cccc(C(=O)C(=O)Nc2ccccc2F)c1. The number of ketones is 1. The highest BCUT2D eigenvalue weighted by Crippen LogP contribution is 2.15. The van der Waals surface area contributed by atoms with E-state index in [2.05, 4.69) is 5.32 Å². The molecule has 0 heterocycles. The van der Waals surface area contributed by atoms with Crippen molar-refractivity contribution in [2.75, 3.05) is 12.4 Å². The fraction of sp³-hybridized carbons (Fsp3) is 0.0667. The summed E-state index contributed by atoms with van der Waals surface area (Å²) in [5, 5.41) is 2.24. The Hall–Kier alpha value is -2.69. The van der Waals surface area contributed by atoms with E-state index in [1.807, 2.05) is 0 Å². The minimum absolute atomic E-state index is 0.0336. The summed E-state index contributed by atoms with van der Waals surface area (Å²) in [5.74, 6) is -1.79. The number of anilines is 1. The Labute approximate surface area is 115 Å². The fourth-order valence-electron chi connectivity index (χ4n) is 1.64. The van der Waals surface area contributed by atoms with Crippen LogP contribution in [0.25, 0.3) is 0 Å². The molecular weight excluding hydrogens is 261 g/mol. The molecule has 1 amide bonds. The third kappa shape index (κ3) is 3.00. The van der Waals surface area contributed by atoms with Crippen molar-refractivity contribution in [1.82, 2.24) is 0 Å². The molecule has 5 heteroatoms. The monoisotopic (exact) mass is 273 g/mol. The van der Waals surface area contributed by atoms with E-state index >= 15 is 0 Å². The second-order valence-corrected chi connectivity index (χ2v) is 4.00. The molecule has 0 atom stereocenters. The summed E-state index contributed by atoms with van der Waals surface area (Å²) in [5.41, 5.74) is 0.145. The van der Waals surface area contributed by atoms with Crippen molar-refractivity contribution in [2.45, 2.75) is 0 Å². The van der Waals surface area contributed by atoms with Crippen LogP contribution < -0.4 is 10.1 Å². The van der Waals surface area contributed by atoms with Crippen LogP contribution in [0, 0.1) is 5.82 Å². The van der Waals surface area contributed by atoms with E-state index in [1.54, 1.807) is 18.2 Å². The summed E-state index contributed by atoms with van der Waals surface area (Å²) in [6.07, 6.45) is 0. The summed E-state index contributed by atoms with van der Waals surface area (Å²) in [6.45, 7) is 0. The second-order valence-electron chi connectivity index (χ2n) is 4.00. The van der Waals surface area contributed by atoms with Crippen LogP contribution in [0.4, 0.5) is 10.1 Å². The standard InChI is InChI=1S/C15H12FNO3/c1-20-11-6-4-5-10(9-11)14(18)15(19)17-13-8-3-2-7-12(13)16/h2-9H,1H3,(H,17,19). The normalized spacial score (nSPS) is 9.90. The molecule has 0 radical (unpaired) electrons. The first-order chi connectivity index (χ1) is 9.61. The number of nitrogens with one attached hydrogen (secondary N) is 1. The molecule has 2 aromatic carbocycles. The van der Waals surface area contributed by atoms with Gasteiger partial charge in [-0.2, -0.15) is 0 Å². The number of Topliss-reactive ketones (excluding diaryl/α,β-unsaturated/α-hetero) is 1. The van der Waals surface area contributed by atoms with E-state index in [0.717, 1.165) is 0 Å². The molecule has 0 saturated heterocycles. The molecule has 0 aromatic heterocycles. The molecular formula is C15H12FNO3. The van der Waals surface area contributed by atoms with Gasteiger partial charge >= 0.3 is 0 Å². The maximum absolute atomic E-state index is 13.4. The largest absolute Gasteiger partial charge is 0.497 e. The summed E-state index contributed by atoms with van der Waals surface area (Å²) in [6, 6.07) is 11.8. The topological polar surface area (TPSA) is 55.4 Å². The first-order valence-electron chi connectivity index (χ1n) is 5.86. The number of hydrogen-bond donors (Lipinski definition) is 1. The van der Waals surface area contributed by atoms with Crippen LogP contribution in [0.1, 0.15) is 10.4 Å². The van der Waals surface area contributed by atoms with Crippen molar-refractivity contribution in [3.05, 3.63) is 59.9 Å². The molecule has 0 aliphatic carbocycles. The van der Waals surface area contributed by atoms with Crippen LogP contribution in [0.3, 0.4) is 0 Å². The number of hydrogen-bond acceptors (Lipinski definition) is 3. The Bertz CT molecular complexity index is 655. The predicted octanol–water partition coefficient (Wildman–Crippen LogP) is 2.66. The number of ether oxygens (including phenoxy) is 1. The number of carbonyl (C=O) groups is 2. The summed E-state index contributed by atoms with van der Waals surface area (Å²) in [4.78, 5) is 23.7. The Morgan fingerprint density at radius 3 is 2.55 bits per heavy atom. The molecule has 0 spiro atoms. The molecule has 2 rings (SSSR count). The van der Waals surface area contributed by atoms with Crippen molar-refractivity contribution in [3.63, 3.8) is 0 Å². The quantitative estimate of drug-likeness (QED) is 0.688. The van der Waals surface area contributed by atoms with Gasteiger partial charge in [0.25, 0.3) is 11.7 Å². The first-order valence-corrected chi connectivity index (χ1v) is 5.86. The van der Waals surface area contributed by atoms with E-state index in [1.165, 1.54) is 37.4 Å². The third-order valence-electron chi connectivity index (χ3n) is 2.66. The van der Waals surface area contributed by atoms with Crippen molar-refractivity contribution < 1.29 is 18.7 Å². The Morgan fingerprint density at radius 2 is 1.85 bits per heavy atom. The molecule has 20 heavy (non-hydrogen) atoms. The van der Waals surface area contributed by atoms with Gasteiger partial charge in [0.1, 0.15) is 11.6 Å². The third-order valence-corrected chi connectivity index (χ3v) is 2.66. The molecule has 0 saturated carbocycles. The second kappa shape index (κ2) is 5.97. The number of methoxy groups -OCH3 is 1. The van der Waals surface area contributed by atoms with Crippen molar-refractivity contribution in [3.8, 4) is 5.75 Å². The van der Waals surface area contributed by atoms with Gasteiger partial charge in [-0.05, 0) is 24.3 Å². The molecule has 1 N–H and O–H groups in total. The molecule has 2 aromatic rings. The lowest BCUT2D eigenvalue weighted by Crippen LogP contribution is -2.23. The molecule has 0 aliphatic rings. The average molecular weight is 273 g/mol. The zero-order chi connectivity index (χ0) is 14.5. The van der Waals surface area contributed by atoms with E-state index in [-0.39, 0.29) is 11.3 Å². The number of benzene rings is 2. The van der Waals surface area contributed by atoms with Gasteiger partial charge < -0.3 is 10.1 Å². The van der Waals surface area contributed by atoms with E-state index in [0.29, 0.717) is 5.75 Å². The maximum atomic E-state index is 13.4. The molecule has 0 bridgehead atoms. The van der Waals surface area contributed by atoms with E-state index in [4.69, 9.17) is 4.74 Å². The van der Waals surface area contributed by atoms with E-state index < -0.39 is 17.5 Å². The highest BCUT2D eigenvalue weighted by atomic mass is 19.1. The van der Waals surface area contributed by atoms with Gasteiger partial charge in [-0.15, -0.1) is 0 Å². The number of halogens is 1. The lowest BCUT2D eigenvalue weighted by Gasteiger charge is -2.06. The lowest BCUT2D eigenvalue weighted by atomic mass is 10.1. The molecule has 0 unspecified atom stereocenters. The van der Waals surface area contributed by atoms with Gasteiger partial charge in [0.2, 0.25) is 0 Å². The van der Waals surface area contributed by atoms with Crippen molar-refractivity contribution >= 4 is 17.4 Å². The molecule has 0 aliphatic heterocycles. The highest BCUT2D eigenvalue weighted by Gasteiger charge is 2.18. The maximum Gasteiger partial charge on any atom is 0.296 e. The minimum atomic E-state index is -0.900. The van der Waals surface area contributed by atoms with Crippen LogP contribution in [0.5, 0.6) is 5.75 Å². The molecule has 4 nitrogen and oxygen atoms in total. The lowest BCUT2D eigenvalue weighted by molar-refractivity contribution is -0.112.